The van der Waals surface area contributed by atoms with Crippen molar-refractivity contribution in [2.45, 2.75) is 39.1 Å². The number of methoxy groups -OCH3 is 1. The largest absolute Gasteiger partial charge is 0.496 e. The van der Waals surface area contributed by atoms with Gasteiger partial charge >= 0.3 is 0 Å². The molecule has 24 heavy (non-hydrogen) atoms. The van der Waals surface area contributed by atoms with Crippen molar-refractivity contribution in [1.29, 1.82) is 0 Å². The molecule has 2 aromatic carbocycles. The zero-order valence-corrected chi connectivity index (χ0v) is 16.1. The van der Waals surface area contributed by atoms with Crippen LogP contribution in [0.1, 0.15) is 27.8 Å². The smallest absolute Gasteiger partial charge is 0.241 e. The van der Waals surface area contributed by atoms with Gasteiger partial charge < -0.3 is 4.74 Å². The van der Waals surface area contributed by atoms with Crippen molar-refractivity contribution in [3.8, 4) is 5.75 Å². The average molecular weight is 368 g/mol. The number of benzene rings is 2. The maximum atomic E-state index is 12.8. The molecule has 0 radical (unpaired) electrons. The molecule has 0 aromatic heterocycles. The molecule has 2 aromatic rings. The van der Waals surface area contributed by atoms with Gasteiger partial charge in [-0.3, -0.25) is 0 Å². The van der Waals surface area contributed by atoms with E-state index in [1.807, 2.05) is 26.0 Å². The molecule has 2 rings (SSSR count). The topological polar surface area (TPSA) is 55.4 Å². The van der Waals surface area contributed by atoms with Crippen molar-refractivity contribution < 1.29 is 13.2 Å². The lowest BCUT2D eigenvalue weighted by molar-refractivity contribution is 0.410. The Labute approximate surface area is 148 Å². The highest BCUT2D eigenvalue weighted by Crippen LogP contribution is 2.30. The molecule has 0 fully saturated rings. The van der Waals surface area contributed by atoms with Crippen LogP contribution < -0.4 is 9.46 Å². The van der Waals surface area contributed by atoms with Gasteiger partial charge in [-0.05, 0) is 67.6 Å². The van der Waals surface area contributed by atoms with Crippen LogP contribution in [0, 0.1) is 27.7 Å². The highest BCUT2D eigenvalue weighted by atomic mass is 35.5. The van der Waals surface area contributed by atoms with Gasteiger partial charge in [-0.1, -0.05) is 23.7 Å². The molecule has 0 bridgehead atoms. The van der Waals surface area contributed by atoms with Crippen molar-refractivity contribution in [3.63, 3.8) is 0 Å². The minimum atomic E-state index is -3.67. The molecular formula is C18H22ClNO3S. The molecule has 4 nitrogen and oxygen atoms in total. The van der Waals surface area contributed by atoms with Crippen LogP contribution >= 0.6 is 11.6 Å². The molecule has 0 aliphatic rings. The summed E-state index contributed by atoms with van der Waals surface area (Å²) >= 11 is 6.18. The summed E-state index contributed by atoms with van der Waals surface area (Å²) in [6.07, 6.45) is 0. The van der Waals surface area contributed by atoms with Crippen molar-refractivity contribution in [2.75, 3.05) is 7.11 Å². The third-order valence-electron chi connectivity index (χ3n) is 4.26. The number of hydrogen-bond acceptors (Lipinski definition) is 3. The number of hydrogen-bond donors (Lipinski definition) is 1. The summed E-state index contributed by atoms with van der Waals surface area (Å²) in [5, 5.41) is 0.553. The summed E-state index contributed by atoms with van der Waals surface area (Å²) in [4.78, 5) is 0.297. The Hall–Kier alpha value is -1.56. The molecule has 1 N–H and O–H groups in total. The van der Waals surface area contributed by atoms with Crippen molar-refractivity contribution in [2.24, 2.45) is 0 Å². The number of rotatable bonds is 5. The number of halogens is 1. The number of sulfonamides is 1. The first kappa shape index (κ1) is 18.8. The Kier molecular flexibility index (Phi) is 5.58. The van der Waals surface area contributed by atoms with Gasteiger partial charge in [-0.15, -0.1) is 0 Å². The van der Waals surface area contributed by atoms with Gasteiger partial charge in [0.05, 0.1) is 12.0 Å². The SMILES string of the molecule is COc1cc(C)c(S(=O)(=O)NCc2c(C)cccc2Cl)c(C)c1C. The molecule has 6 heteroatoms. The summed E-state index contributed by atoms with van der Waals surface area (Å²) in [6.45, 7) is 7.47. The van der Waals surface area contributed by atoms with Crippen LogP contribution in [-0.4, -0.2) is 15.5 Å². The number of ether oxygens (including phenoxy) is 1. The molecule has 0 amide bonds. The molecule has 0 spiro atoms. The van der Waals surface area contributed by atoms with Crippen LogP contribution in [0.5, 0.6) is 5.75 Å². The summed E-state index contributed by atoms with van der Waals surface area (Å²) in [7, 11) is -2.09. The van der Waals surface area contributed by atoms with Gasteiger partial charge in [0.1, 0.15) is 5.75 Å². The van der Waals surface area contributed by atoms with Crippen LogP contribution in [0.15, 0.2) is 29.2 Å². The Balaban J connectivity index is 2.40. The first-order chi connectivity index (χ1) is 11.2. The first-order valence-electron chi connectivity index (χ1n) is 7.57. The van der Waals surface area contributed by atoms with Crippen LogP contribution in [-0.2, 0) is 16.6 Å². The third kappa shape index (κ3) is 3.58. The predicted octanol–water partition coefficient (Wildman–Crippen LogP) is 4.06. The zero-order chi connectivity index (χ0) is 18.1. The van der Waals surface area contributed by atoms with Crippen LogP contribution in [0.4, 0.5) is 0 Å². The normalized spacial score (nSPS) is 11.6. The molecule has 0 aliphatic heterocycles. The van der Waals surface area contributed by atoms with E-state index in [1.54, 1.807) is 33.1 Å². The van der Waals surface area contributed by atoms with E-state index in [-0.39, 0.29) is 6.54 Å². The van der Waals surface area contributed by atoms with Gasteiger partial charge in [0.2, 0.25) is 10.0 Å². The van der Waals surface area contributed by atoms with Gasteiger partial charge in [-0.25, -0.2) is 13.1 Å². The molecule has 0 heterocycles. The second-order valence-electron chi connectivity index (χ2n) is 5.83. The van der Waals surface area contributed by atoms with E-state index in [9.17, 15) is 8.42 Å². The second kappa shape index (κ2) is 7.13. The van der Waals surface area contributed by atoms with Gasteiger partial charge in [-0.2, -0.15) is 0 Å². The summed E-state index contributed by atoms with van der Waals surface area (Å²) in [5.41, 5.74) is 3.89. The fraction of sp³-hybridized carbons (Fsp3) is 0.333. The van der Waals surface area contributed by atoms with Gasteiger partial charge in [0.15, 0.2) is 0 Å². The Morgan fingerprint density at radius 3 is 2.33 bits per heavy atom. The van der Waals surface area contributed by atoms with E-state index in [0.717, 1.165) is 16.7 Å². The van der Waals surface area contributed by atoms with E-state index in [4.69, 9.17) is 16.3 Å². The van der Waals surface area contributed by atoms with E-state index < -0.39 is 10.0 Å². The Morgan fingerprint density at radius 1 is 1.08 bits per heavy atom. The van der Waals surface area contributed by atoms with E-state index in [2.05, 4.69) is 4.72 Å². The van der Waals surface area contributed by atoms with E-state index in [1.165, 1.54) is 0 Å². The first-order valence-corrected chi connectivity index (χ1v) is 9.43. The highest BCUT2D eigenvalue weighted by molar-refractivity contribution is 7.89. The molecule has 0 saturated heterocycles. The summed E-state index contributed by atoms with van der Waals surface area (Å²) in [6, 6.07) is 7.25. The average Bonchev–Trinajstić information content (AvgIpc) is 2.50. The lowest BCUT2D eigenvalue weighted by Crippen LogP contribution is -2.25. The van der Waals surface area contributed by atoms with Crippen LogP contribution in [0.3, 0.4) is 0 Å². The molecule has 0 saturated carbocycles. The highest BCUT2D eigenvalue weighted by Gasteiger charge is 2.23. The lowest BCUT2D eigenvalue weighted by Gasteiger charge is -2.17. The van der Waals surface area contributed by atoms with Gasteiger partial charge in [0.25, 0.3) is 0 Å². The van der Waals surface area contributed by atoms with E-state index in [0.29, 0.717) is 26.8 Å². The standard InChI is InChI=1S/C18H22ClNO3S/c1-11-7-6-8-16(19)15(11)10-20-24(21,22)18-12(2)9-17(23-5)13(3)14(18)4/h6-9,20H,10H2,1-5H3. The lowest BCUT2D eigenvalue weighted by atomic mass is 10.1. The number of nitrogens with one attached hydrogen (secondary N) is 1. The fourth-order valence-corrected chi connectivity index (χ4v) is 4.58. The predicted molar refractivity (Wildman–Crippen MR) is 97.4 cm³/mol. The summed E-state index contributed by atoms with van der Waals surface area (Å²) in [5.74, 6) is 0.686. The molecule has 130 valence electrons. The number of aryl methyl sites for hydroxylation is 2. The van der Waals surface area contributed by atoms with E-state index >= 15 is 0 Å². The quantitative estimate of drug-likeness (QED) is 0.866. The zero-order valence-electron chi connectivity index (χ0n) is 14.5. The Morgan fingerprint density at radius 2 is 1.75 bits per heavy atom. The second-order valence-corrected chi connectivity index (χ2v) is 7.95. The minimum Gasteiger partial charge on any atom is -0.496 e. The molecule has 0 atom stereocenters. The van der Waals surface area contributed by atoms with Crippen molar-refractivity contribution in [3.05, 3.63) is 57.1 Å². The minimum absolute atomic E-state index is 0.151. The molecule has 0 aliphatic carbocycles. The Bertz CT molecular complexity index is 856. The van der Waals surface area contributed by atoms with Gasteiger partial charge in [0, 0.05) is 11.6 Å². The van der Waals surface area contributed by atoms with Crippen LogP contribution in [0.2, 0.25) is 5.02 Å². The third-order valence-corrected chi connectivity index (χ3v) is 6.30. The van der Waals surface area contributed by atoms with Crippen molar-refractivity contribution >= 4 is 21.6 Å². The maximum Gasteiger partial charge on any atom is 0.241 e. The van der Waals surface area contributed by atoms with Crippen molar-refractivity contribution in [1.82, 2.24) is 4.72 Å². The fourth-order valence-electron chi connectivity index (χ4n) is 2.78. The molecule has 0 unspecified atom stereocenters. The maximum absolute atomic E-state index is 12.8. The van der Waals surface area contributed by atoms with Crippen LogP contribution in [0.25, 0.3) is 0 Å². The molecular weight excluding hydrogens is 346 g/mol. The monoisotopic (exact) mass is 367 g/mol. The summed E-state index contributed by atoms with van der Waals surface area (Å²) < 4.78 is 33.6.